The van der Waals surface area contributed by atoms with Crippen LogP contribution >= 0.6 is 0 Å². The predicted octanol–water partition coefficient (Wildman–Crippen LogP) is 5.78. The van der Waals surface area contributed by atoms with Crippen LogP contribution in [0.1, 0.15) is 92.9 Å². The van der Waals surface area contributed by atoms with Gasteiger partial charge in [-0.15, -0.1) is 0 Å². The van der Waals surface area contributed by atoms with Crippen molar-refractivity contribution in [1.29, 1.82) is 0 Å². The highest BCUT2D eigenvalue weighted by molar-refractivity contribution is 5.77. The summed E-state index contributed by atoms with van der Waals surface area (Å²) in [6, 6.07) is 0. The Morgan fingerprint density at radius 3 is 2.19 bits per heavy atom. The van der Waals surface area contributed by atoms with Gasteiger partial charge in [0.2, 0.25) is 0 Å². The summed E-state index contributed by atoms with van der Waals surface area (Å²) in [5.74, 6) is -0.758. The summed E-state index contributed by atoms with van der Waals surface area (Å²) in [5.41, 5.74) is -0.721. The molecule has 5 rings (SSSR count). The van der Waals surface area contributed by atoms with Crippen molar-refractivity contribution in [1.82, 2.24) is 0 Å². The normalized spacial score (nSPS) is 52.5. The quantitative estimate of drug-likeness (QED) is 0.411. The molecular formula is C31H48O6. The van der Waals surface area contributed by atoms with Crippen LogP contribution in [0.2, 0.25) is 0 Å². The van der Waals surface area contributed by atoms with Gasteiger partial charge in [0.1, 0.15) is 0 Å². The number of rotatable bonds is 3. The summed E-state index contributed by atoms with van der Waals surface area (Å²) < 4.78 is 5.65. The molecule has 0 bridgehead atoms. The Bertz CT molecular complexity index is 1020. The SMILES string of the molecule is COC1C(O)CC2(C)C3CC=C4C5CC(C)(C)CCC5(C(=O)O)CC(C)C4C3(C)CCC2C1(C)C(=O)O. The van der Waals surface area contributed by atoms with Gasteiger partial charge in [-0.3, -0.25) is 9.59 Å². The molecule has 0 aliphatic heterocycles. The van der Waals surface area contributed by atoms with Crippen molar-refractivity contribution < 1.29 is 29.6 Å². The van der Waals surface area contributed by atoms with E-state index >= 15 is 0 Å². The molecule has 0 spiro atoms. The Labute approximate surface area is 222 Å². The summed E-state index contributed by atoms with van der Waals surface area (Å²) in [4.78, 5) is 25.6. The van der Waals surface area contributed by atoms with Gasteiger partial charge in [-0.25, -0.2) is 0 Å². The highest BCUT2D eigenvalue weighted by Crippen LogP contribution is 2.73. The molecule has 0 aromatic carbocycles. The van der Waals surface area contributed by atoms with Crippen LogP contribution in [-0.4, -0.2) is 46.6 Å². The van der Waals surface area contributed by atoms with E-state index in [2.05, 4.69) is 40.7 Å². The minimum Gasteiger partial charge on any atom is -0.481 e. The lowest BCUT2D eigenvalue weighted by molar-refractivity contribution is -0.239. The number of aliphatic hydroxyl groups excluding tert-OH is 1. The van der Waals surface area contributed by atoms with Crippen molar-refractivity contribution in [2.45, 2.75) is 105 Å². The van der Waals surface area contributed by atoms with Crippen LogP contribution in [0.4, 0.5) is 0 Å². The largest absolute Gasteiger partial charge is 0.481 e. The first-order chi connectivity index (χ1) is 17.1. The third kappa shape index (κ3) is 3.43. The van der Waals surface area contributed by atoms with E-state index in [1.54, 1.807) is 6.92 Å². The molecule has 37 heavy (non-hydrogen) atoms. The number of carbonyl (C=O) groups is 2. The van der Waals surface area contributed by atoms with Gasteiger partial charge in [-0.1, -0.05) is 46.3 Å². The first-order valence-corrected chi connectivity index (χ1v) is 14.5. The van der Waals surface area contributed by atoms with Crippen LogP contribution in [0, 0.1) is 56.7 Å². The standard InChI is InChI=1S/C31H48O6/c1-17-14-31(26(35)36)13-12-27(2,3)15-19(31)18-8-9-21-28(4,23(17)18)11-10-22-29(21,5)16-20(32)24(37-7)30(22,6)25(33)34/h8,17,19-24,32H,9-16H2,1-7H3,(H,33,34)(H,35,36). The van der Waals surface area contributed by atoms with Crippen LogP contribution in [0.15, 0.2) is 11.6 Å². The van der Waals surface area contributed by atoms with Crippen molar-refractivity contribution >= 4 is 11.9 Å². The maximum absolute atomic E-state index is 12.9. The summed E-state index contributed by atoms with van der Waals surface area (Å²) in [5, 5.41) is 32.3. The number of aliphatic hydroxyl groups is 1. The fraction of sp³-hybridized carbons (Fsp3) is 0.871. The van der Waals surface area contributed by atoms with Crippen LogP contribution < -0.4 is 0 Å². The van der Waals surface area contributed by atoms with Gasteiger partial charge in [-0.05, 0) is 104 Å². The van der Waals surface area contributed by atoms with Gasteiger partial charge in [0.25, 0.3) is 0 Å². The van der Waals surface area contributed by atoms with Gasteiger partial charge in [0, 0.05) is 7.11 Å². The van der Waals surface area contributed by atoms with Crippen LogP contribution in [0.3, 0.4) is 0 Å². The van der Waals surface area contributed by atoms with Gasteiger partial charge in [0.05, 0.1) is 23.0 Å². The molecule has 0 aromatic heterocycles. The van der Waals surface area contributed by atoms with Crippen molar-refractivity contribution in [3.8, 4) is 0 Å². The van der Waals surface area contributed by atoms with E-state index in [0.29, 0.717) is 12.3 Å². The minimum absolute atomic E-state index is 0.0555. The molecule has 11 unspecified atom stereocenters. The Morgan fingerprint density at radius 2 is 1.59 bits per heavy atom. The molecule has 4 fully saturated rings. The monoisotopic (exact) mass is 516 g/mol. The number of aliphatic carboxylic acids is 2. The molecule has 5 aliphatic carbocycles. The van der Waals surface area contributed by atoms with E-state index in [1.807, 2.05) is 0 Å². The lowest BCUT2D eigenvalue weighted by atomic mass is 9.35. The Balaban J connectivity index is 1.61. The summed E-state index contributed by atoms with van der Waals surface area (Å²) >= 11 is 0. The first-order valence-electron chi connectivity index (χ1n) is 14.5. The third-order valence-electron chi connectivity index (χ3n) is 12.8. The molecular weight excluding hydrogens is 468 g/mol. The van der Waals surface area contributed by atoms with E-state index in [-0.39, 0.29) is 39.9 Å². The molecule has 5 aliphatic rings. The van der Waals surface area contributed by atoms with Gasteiger partial charge >= 0.3 is 11.9 Å². The van der Waals surface area contributed by atoms with E-state index in [1.165, 1.54) is 12.7 Å². The molecule has 6 heteroatoms. The highest BCUT2D eigenvalue weighted by atomic mass is 16.5. The molecule has 0 amide bonds. The molecule has 0 saturated heterocycles. The number of hydrogen-bond donors (Lipinski definition) is 3. The molecule has 11 atom stereocenters. The second-order valence-electron chi connectivity index (χ2n) is 15.2. The van der Waals surface area contributed by atoms with Crippen molar-refractivity contribution in [2.75, 3.05) is 7.11 Å². The van der Waals surface area contributed by atoms with Gasteiger partial charge in [0.15, 0.2) is 0 Å². The number of fused-ring (bicyclic) bond motifs is 7. The maximum atomic E-state index is 12.9. The van der Waals surface area contributed by atoms with Crippen molar-refractivity contribution in [2.24, 2.45) is 56.7 Å². The Kier molecular flexibility index (Phi) is 6.10. The highest BCUT2D eigenvalue weighted by Gasteiger charge is 2.70. The first kappa shape index (κ1) is 27.2. The predicted molar refractivity (Wildman–Crippen MR) is 141 cm³/mol. The lowest BCUT2D eigenvalue weighted by Crippen LogP contribution is -2.68. The summed E-state index contributed by atoms with van der Waals surface area (Å²) in [6.45, 7) is 13.3. The fourth-order valence-corrected chi connectivity index (χ4v) is 11.4. The average molecular weight is 517 g/mol. The number of allylic oxidation sites excluding steroid dienone is 2. The van der Waals surface area contributed by atoms with E-state index in [4.69, 9.17) is 4.74 Å². The fourth-order valence-electron chi connectivity index (χ4n) is 11.4. The van der Waals surface area contributed by atoms with Crippen molar-refractivity contribution in [3.63, 3.8) is 0 Å². The van der Waals surface area contributed by atoms with Crippen LogP contribution in [-0.2, 0) is 14.3 Å². The number of ether oxygens (including phenoxy) is 1. The molecule has 6 nitrogen and oxygen atoms in total. The van der Waals surface area contributed by atoms with E-state index in [0.717, 1.165) is 44.9 Å². The van der Waals surface area contributed by atoms with Crippen LogP contribution in [0.5, 0.6) is 0 Å². The zero-order chi connectivity index (χ0) is 27.3. The van der Waals surface area contributed by atoms with Crippen LogP contribution in [0.25, 0.3) is 0 Å². The topological polar surface area (TPSA) is 104 Å². The average Bonchev–Trinajstić information content (AvgIpc) is 2.78. The molecule has 0 heterocycles. The molecule has 3 N–H and O–H groups in total. The molecule has 208 valence electrons. The number of carboxylic acid groups (broad SMARTS) is 2. The lowest BCUT2D eigenvalue weighted by Gasteiger charge is -2.69. The van der Waals surface area contributed by atoms with E-state index < -0.39 is 35.0 Å². The second kappa shape index (κ2) is 8.30. The van der Waals surface area contributed by atoms with Crippen molar-refractivity contribution in [3.05, 3.63) is 11.6 Å². The maximum Gasteiger partial charge on any atom is 0.312 e. The van der Waals surface area contributed by atoms with Gasteiger partial charge in [-0.2, -0.15) is 0 Å². The summed E-state index contributed by atoms with van der Waals surface area (Å²) in [6.07, 6.45) is 7.24. The minimum atomic E-state index is -1.16. The molecule has 0 aromatic rings. The Hall–Kier alpha value is -1.40. The smallest absolute Gasteiger partial charge is 0.312 e. The van der Waals surface area contributed by atoms with Gasteiger partial charge < -0.3 is 20.1 Å². The summed E-state index contributed by atoms with van der Waals surface area (Å²) in [7, 11) is 1.52. The molecule has 4 saturated carbocycles. The zero-order valence-electron chi connectivity index (χ0n) is 23.8. The van der Waals surface area contributed by atoms with E-state index in [9.17, 15) is 24.9 Å². The number of carboxylic acids is 2. The zero-order valence-corrected chi connectivity index (χ0v) is 23.8. The number of hydrogen-bond acceptors (Lipinski definition) is 4. The number of methoxy groups -OCH3 is 1. The Morgan fingerprint density at radius 1 is 0.919 bits per heavy atom. The second-order valence-corrected chi connectivity index (χ2v) is 15.2. The third-order valence-corrected chi connectivity index (χ3v) is 12.8. The molecule has 0 radical (unpaired) electrons.